The molecule has 0 amide bonds. The van der Waals surface area contributed by atoms with Crippen LogP contribution in [0.3, 0.4) is 0 Å². The van der Waals surface area contributed by atoms with Gasteiger partial charge in [0.1, 0.15) is 11.6 Å². The van der Waals surface area contributed by atoms with Crippen LogP contribution >= 0.6 is 0 Å². The van der Waals surface area contributed by atoms with E-state index in [2.05, 4.69) is 65.9 Å². The van der Waals surface area contributed by atoms with Crippen LogP contribution in [-0.2, 0) is 17.7 Å². The van der Waals surface area contributed by atoms with E-state index >= 15 is 0 Å². The molecule has 0 spiro atoms. The fraction of sp³-hybridized carbons (Fsp3) is 0.625. The van der Waals surface area contributed by atoms with Gasteiger partial charge in [-0.05, 0) is 49.8 Å². The highest BCUT2D eigenvalue weighted by Crippen LogP contribution is 2.39. The highest BCUT2D eigenvalue weighted by molar-refractivity contribution is 5.71. The quantitative estimate of drug-likeness (QED) is 0.429. The van der Waals surface area contributed by atoms with Crippen LogP contribution in [0, 0.1) is 0 Å². The number of morpholine rings is 1. The summed E-state index contributed by atoms with van der Waals surface area (Å²) in [5, 5.41) is 3.47. The SMILES string of the molecule is COc1cc(C=C(C)C)c(C(C)C)c(N2CCc3c(nc(OCCCN4CCOCC4)nc3N3CCNCC3)C2)c1. The van der Waals surface area contributed by atoms with Gasteiger partial charge >= 0.3 is 6.01 Å². The van der Waals surface area contributed by atoms with Crippen LogP contribution in [0.4, 0.5) is 11.5 Å². The van der Waals surface area contributed by atoms with E-state index in [0.29, 0.717) is 18.5 Å². The standard InChI is InChI=1S/C32H48N6O3/c1-23(2)19-25-20-26(39-5)21-29(30(25)24(3)4)38-11-7-27-28(22-38)34-32(35-31(27)37-12-8-33-9-13-37)41-16-6-10-36-14-17-40-18-15-36/h19-21,24,33H,6-18,22H2,1-5H3. The topological polar surface area (TPSA) is 75.2 Å². The van der Waals surface area contributed by atoms with Gasteiger partial charge in [0.25, 0.3) is 0 Å². The molecule has 9 heteroatoms. The van der Waals surface area contributed by atoms with Crippen molar-refractivity contribution in [3.63, 3.8) is 0 Å². The van der Waals surface area contributed by atoms with E-state index in [-0.39, 0.29) is 0 Å². The van der Waals surface area contributed by atoms with Gasteiger partial charge in [-0.25, -0.2) is 0 Å². The third-order valence-electron chi connectivity index (χ3n) is 8.15. The average molecular weight is 565 g/mol. The number of hydrogen-bond donors (Lipinski definition) is 1. The maximum Gasteiger partial charge on any atom is 0.318 e. The number of ether oxygens (including phenoxy) is 3. The Bertz CT molecular complexity index is 1200. The van der Waals surface area contributed by atoms with Crippen molar-refractivity contribution in [2.24, 2.45) is 0 Å². The first kappa shape index (κ1) is 29.6. The summed E-state index contributed by atoms with van der Waals surface area (Å²) < 4.78 is 17.5. The maximum absolute atomic E-state index is 6.23. The Morgan fingerprint density at radius 2 is 1.83 bits per heavy atom. The minimum absolute atomic E-state index is 0.370. The van der Waals surface area contributed by atoms with Gasteiger partial charge in [0, 0.05) is 69.7 Å². The number of hydrogen-bond acceptors (Lipinski definition) is 9. The van der Waals surface area contributed by atoms with Crippen molar-refractivity contribution < 1.29 is 14.2 Å². The lowest BCUT2D eigenvalue weighted by atomic mass is 9.92. The van der Waals surface area contributed by atoms with Gasteiger partial charge < -0.3 is 29.3 Å². The third-order valence-corrected chi connectivity index (χ3v) is 8.15. The first-order chi connectivity index (χ1) is 19.9. The van der Waals surface area contributed by atoms with Crippen molar-refractivity contribution >= 4 is 17.6 Å². The molecule has 2 aromatic rings. The predicted octanol–water partition coefficient (Wildman–Crippen LogP) is 4.11. The molecule has 0 atom stereocenters. The Morgan fingerprint density at radius 3 is 2.54 bits per heavy atom. The average Bonchev–Trinajstić information content (AvgIpc) is 2.98. The summed E-state index contributed by atoms with van der Waals surface area (Å²) in [5.41, 5.74) is 7.43. The summed E-state index contributed by atoms with van der Waals surface area (Å²) in [6.07, 6.45) is 4.12. The van der Waals surface area contributed by atoms with Crippen molar-refractivity contribution in [1.29, 1.82) is 0 Å². The molecule has 2 fully saturated rings. The summed E-state index contributed by atoms with van der Waals surface area (Å²) in [6, 6.07) is 4.86. The van der Waals surface area contributed by atoms with Crippen molar-refractivity contribution in [1.82, 2.24) is 20.2 Å². The van der Waals surface area contributed by atoms with Crippen molar-refractivity contribution in [3.8, 4) is 11.8 Å². The van der Waals surface area contributed by atoms with E-state index in [1.54, 1.807) is 7.11 Å². The second-order valence-corrected chi connectivity index (χ2v) is 11.8. The Kier molecular flexibility index (Phi) is 10.0. The molecule has 9 nitrogen and oxygen atoms in total. The van der Waals surface area contributed by atoms with Crippen molar-refractivity contribution in [3.05, 3.63) is 40.1 Å². The van der Waals surface area contributed by atoms with Gasteiger partial charge in [-0.1, -0.05) is 25.5 Å². The highest BCUT2D eigenvalue weighted by Gasteiger charge is 2.28. The smallest absolute Gasteiger partial charge is 0.318 e. The van der Waals surface area contributed by atoms with Gasteiger partial charge in [0.2, 0.25) is 0 Å². The molecule has 2 saturated heterocycles. The number of benzene rings is 1. The molecule has 0 unspecified atom stereocenters. The molecule has 0 aliphatic carbocycles. The van der Waals surface area contributed by atoms with Crippen LogP contribution in [0.2, 0.25) is 0 Å². The van der Waals surface area contributed by atoms with E-state index in [9.17, 15) is 0 Å². The fourth-order valence-corrected chi connectivity index (χ4v) is 6.15. The summed E-state index contributed by atoms with van der Waals surface area (Å²) in [7, 11) is 1.75. The van der Waals surface area contributed by atoms with Gasteiger partial charge in [-0.3, -0.25) is 4.90 Å². The number of fused-ring (bicyclic) bond motifs is 1. The van der Waals surface area contributed by atoms with E-state index in [1.165, 1.54) is 28.0 Å². The molecule has 3 aliphatic heterocycles. The molecule has 3 aliphatic rings. The zero-order valence-electron chi connectivity index (χ0n) is 25.7. The minimum Gasteiger partial charge on any atom is -0.497 e. The summed E-state index contributed by atoms with van der Waals surface area (Å²) >= 11 is 0. The van der Waals surface area contributed by atoms with E-state index < -0.39 is 0 Å². The fourth-order valence-electron chi connectivity index (χ4n) is 6.15. The van der Waals surface area contributed by atoms with Crippen LogP contribution in [0.15, 0.2) is 17.7 Å². The Balaban J connectivity index is 1.42. The molecule has 1 N–H and O–H groups in total. The second-order valence-electron chi connectivity index (χ2n) is 11.8. The normalized spacial score (nSPS) is 17.9. The number of piperazine rings is 1. The lowest BCUT2D eigenvalue weighted by Gasteiger charge is -2.36. The molecule has 224 valence electrons. The number of rotatable bonds is 10. The molecule has 1 aromatic heterocycles. The predicted molar refractivity (Wildman–Crippen MR) is 166 cm³/mol. The second kappa shape index (κ2) is 13.9. The van der Waals surface area contributed by atoms with Gasteiger partial charge in [-0.15, -0.1) is 0 Å². The summed E-state index contributed by atoms with van der Waals surface area (Å²) in [4.78, 5) is 17.3. The largest absolute Gasteiger partial charge is 0.497 e. The zero-order valence-corrected chi connectivity index (χ0v) is 25.7. The molecule has 1 aromatic carbocycles. The molecule has 0 bridgehead atoms. The van der Waals surface area contributed by atoms with Crippen molar-refractivity contribution in [2.45, 2.75) is 53.0 Å². The van der Waals surface area contributed by atoms with E-state index in [0.717, 1.165) is 102 Å². The highest BCUT2D eigenvalue weighted by atomic mass is 16.5. The monoisotopic (exact) mass is 564 g/mol. The Morgan fingerprint density at radius 1 is 1.05 bits per heavy atom. The van der Waals surface area contributed by atoms with Crippen molar-refractivity contribution in [2.75, 3.05) is 89.1 Å². The molecule has 4 heterocycles. The number of nitrogens with zero attached hydrogens (tertiary/aromatic N) is 5. The third kappa shape index (κ3) is 7.31. The molecule has 5 rings (SSSR count). The molecular formula is C32H48N6O3. The number of nitrogens with one attached hydrogen (secondary N) is 1. The molecule has 0 saturated carbocycles. The summed E-state index contributed by atoms with van der Waals surface area (Å²) in [6.45, 7) is 19.6. The van der Waals surface area contributed by atoms with Crippen LogP contribution in [0.25, 0.3) is 6.08 Å². The number of methoxy groups -OCH3 is 1. The molecule has 0 radical (unpaired) electrons. The Labute approximate surface area is 245 Å². The molecule has 41 heavy (non-hydrogen) atoms. The number of aromatic nitrogens is 2. The van der Waals surface area contributed by atoms with Crippen LogP contribution in [0.5, 0.6) is 11.8 Å². The maximum atomic E-state index is 6.23. The zero-order chi connectivity index (χ0) is 28.8. The number of allylic oxidation sites excluding steroid dienone is 1. The Hall–Kier alpha value is -2.88. The van der Waals surface area contributed by atoms with E-state index in [1.807, 2.05) is 0 Å². The summed E-state index contributed by atoms with van der Waals surface area (Å²) in [5.74, 6) is 2.31. The first-order valence-corrected chi connectivity index (χ1v) is 15.3. The molecular weight excluding hydrogens is 516 g/mol. The first-order valence-electron chi connectivity index (χ1n) is 15.3. The van der Waals surface area contributed by atoms with Crippen LogP contribution in [-0.4, -0.2) is 94.2 Å². The van der Waals surface area contributed by atoms with Crippen LogP contribution in [0.1, 0.15) is 62.4 Å². The van der Waals surface area contributed by atoms with Crippen LogP contribution < -0.4 is 24.6 Å². The van der Waals surface area contributed by atoms with Gasteiger partial charge in [0.15, 0.2) is 0 Å². The lowest BCUT2D eigenvalue weighted by Crippen LogP contribution is -2.45. The number of anilines is 2. The van der Waals surface area contributed by atoms with Gasteiger partial charge in [-0.2, -0.15) is 9.97 Å². The van der Waals surface area contributed by atoms with E-state index in [4.69, 9.17) is 24.2 Å². The minimum atomic E-state index is 0.370. The lowest BCUT2D eigenvalue weighted by molar-refractivity contribution is 0.0356. The van der Waals surface area contributed by atoms with Gasteiger partial charge in [0.05, 0.1) is 39.2 Å².